The number of carbonyl (C=O) groups is 1. The molecule has 0 radical (unpaired) electrons. The molecule has 1 aliphatic heterocycles. The van der Waals surface area contributed by atoms with Crippen molar-refractivity contribution < 1.29 is 22.7 Å². The summed E-state index contributed by atoms with van der Waals surface area (Å²) in [5.41, 5.74) is 0.0624. The van der Waals surface area contributed by atoms with Crippen LogP contribution in [0, 0.1) is 11.8 Å². The van der Waals surface area contributed by atoms with E-state index in [1.807, 2.05) is 6.07 Å². The lowest BCUT2D eigenvalue weighted by Crippen LogP contribution is -2.49. The SMILES string of the molecule is COC(=O)N1CC[C@H](NS(C)(=O)=O)[C@@H]1CO[C@@H]1CC[C@]2(c3ncccn3)[C@H](C)[C@@H]2C1. The van der Waals surface area contributed by atoms with E-state index in [-0.39, 0.29) is 30.2 Å². The van der Waals surface area contributed by atoms with Gasteiger partial charge in [0.2, 0.25) is 10.0 Å². The molecular weight excluding hydrogens is 408 g/mol. The lowest BCUT2D eigenvalue weighted by atomic mass is 9.85. The van der Waals surface area contributed by atoms with Crippen LogP contribution >= 0.6 is 0 Å². The van der Waals surface area contributed by atoms with Gasteiger partial charge in [-0.15, -0.1) is 0 Å². The van der Waals surface area contributed by atoms with Crippen molar-refractivity contribution in [1.82, 2.24) is 19.6 Å². The fraction of sp³-hybridized carbons (Fsp3) is 0.750. The Bertz CT molecular complexity index is 882. The lowest BCUT2D eigenvalue weighted by Gasteiger charge is -2.31. The van der Waals surface area contributed by atoms with Crippen LogP contribution in [0.1, 0.15) is 38.4 Å². The molecule has 0 aromatic carbocycles. The van der Waals surface area contributed by atoms with Crippen LogP contribution in [0.2, 0.25) is 0 Å². The minimum atomic E-state index is -3.39. The fourth-order valence-corrected chi connectivity index (χ4v) is 6.40. The predicted octanol–water partition coefficient (Wildman–Crippen LogP) is 1.31. The number of sulfonamides is 1. The van der Waals surface area contributed by atoms with Gasteiger partial charge in [0.25, 0.3) is 0 Å². The second-order valence-corrected chi connectivity index (χ2v) is 10.5. The Kier molecular flexibility index (Phi) is 5.75. The van der Waals surface area contributed by atoms with Crippen LogP contribution in [0.5, 0.6) is 0 Å². The summed E-state index contributed by atoms with van der Waals surface area (Å²) in [7, 11) is -2.05. The minimum absolute atomic E-state index is 0.0624. The smallest absolute Gasteiger partial charge is 0.409 e. The van der Waals surface area contributed by atoms with Gasteiger partial charge in [0.05, 0.1) is 32.1 Å². The molecule has 2 saturated carbocycles. The third-order valence-electron chi connectivity index (χ3n) is 7.17. The Morgan fingerprint density at radius 1 is 1.33 bits per heavy atom. The number of aromatic nitrogens is 2. The number of likely N-dealkylation sites (tertiary alicyclic amines) is 1. The molecule has 166 valence electrons. The maximum Gasteiger partial charge on any atom is 0.409 e. The average Bonchev–Trinajstić information content (AvgIpc) is 3.12. The second kappa shape index (κ2) is 8.05. The van der Waals surface area contributed by atoms with E-state index in [0.29, 0.717) is 24.8 Å². The molecule has 2 aliphatic carbocycles. The number of nitrogens with zero attached hydrogens (tertiary/aromatic N) is 3. The molecule has 1 saturated heterocycles. The van der Waals surface area contributed by atoms with E-state index in [2.05, 4.69) is 21.6 Å². The molecule has 2 heterocycles. The normalized spacial score (nSPS) is 35.7. The van der Waals surface area contributed by atoms with E-state index in [1.54, 1.807) is 17.3 Å². The van der Waals surface area contributed by atoms with E-state index in [4.69, 9.17) is 9.47 Å². The van der Waals surface area contributed by atoms with Crippen molar-refractivity contribution in [1.29, 1.82) is 0 Å². The summed E-state index contributed by atoms with van der Waals surface area (Å²) in [6.45, 7) is 2.97. The molecule has 9 nitrogen and oxygen atoms in total. The molecule has 0 unspecified atom stereocenters. The van der Waals surface area contributed by atoms with Gasteiger partial charge < -0.3 is 14.4 Å². The van der Waals surface area contributed by atoms with Gasteiger partial charge in [-0.2, -0.15) is 0 Å². The van der Waals surface area contributed by atoms with Crippen LogP contribution in [0.4, 0.5) is 4.79 Å². The van der Waals surface area contributed by atoms with Crippen molar-refractivity contribution in [2.45, 2.75) is 56.2 Å². The third-order valence-corrected chi connectivity index (χ3v) is 7.90. The maximum absolute atomic E-state index is 12.1. The van der Waals surface area contributed by atoms with Gasteiger partial charge in [-0.1, -0.05) is 6.92 Å². The zero-order chi connectivity index (χ0) is 21.5. The Hall–Kier alpha value is -1.78. The van der Waals surface area contributed by atoms with Crippen LogP contribution in [0.3, 0.4) is 0 Å². The highest BCUT2D eigenvalue weighted by atomic mass is 32.2. The van der Waals surface area contributed by atoms with Crippen LogP contribution in [0.25, 0.3) is 0 Å². The number of methoxy groups -OCH3 is 1. The number of hydrogen-bond donors (Lipinski definition) is 1. The van der Waals surface area contributed by atoms with Crippen molar-refractivity contribution in [3.63, 3.8) is 0 Å². The summed E-state index contributed by atoms with van der Waals surface area (Å²) in [4.78, 5) is 22.7. The standard InChI is InChI=1S/C20H30N4O5S/c1-13-15-11-14(5-7-20(13,15)18-21-8-4-9-22-18)29-12-17-16(23-30(3,26)27)6-10-24(17)19(25)28-2/h4,8-9,13-17,23H,5-7,10-12H2,1-3H3/t13-,14-,15+,16+,17+,20+/m1/s1. The zero-order valence-electron chi connectivity index (χ0n) is 17.7. The first-order valence-electron chi connectivity index (χ1n) is 10.5. The zero-order valence-corrected chi connectivity index (χ0v) is 18.5. The van der Waals surface area contributed by atoms with Crippen molar-refractivity contribution in [3.05, 3.63) is 24.3 Å². The predicted molar refractivity (Wildman–Crippen MR) is 109 cm³/mol. The fourth-order valence-electron chi connectivity index (χ4n) is 5.58. The minimum Gasteiger partial charge on any atom is -0.453 e. The molecule has 4 rings (SSSR count). The van der Waals surface area contributed by atoms with Gasteiger partial charge in [0.1, 0.15) is 5.82 Å². The summed E-state index contributed by atoms with van der Waals surface area (Å²) < 4.78 is 37.2. The molecule has 1 aromatic rings. The van der Waals surface area contributed by atoms with Crippen LogP contribution in [-0.4, -0.2) is 74.1 Å². The maximum atomic E-state index is 12.1. The Labute approximate surface area is 177 Å². The monoisotopic (exact) mass is 438 g/mol. The van der Waals surface area contributed by atoms with Gasteiger partial charge in [-0.25, -0.2) is 27.9 Å². The summed E-state index contributed by atoms with van der Waals surface area (Å²) >= 11 is 0. The molecule has 3 fully saturated rings. The molecule has 0 spiro atoms. The highest BCUT2D eigenvalue weighted by Gasteiger charge is 2.66. The van der Waals surface area contributed by atoms with E-state index in [9.17, 15) is 13.2 Å². The average molecular weight is 439 g/mol. The number of rotatable bonds is 6. The van der Waals surface area contributed by atoms with Crippen molar-refractivity contribution in [2.24, 2.45) is 11.8 Å². The quantitative estimate of drug-likeness (QED) is 0.713. The molecule has 1 amide bonds. The van der Waals surface area contributed by atoms with Gasteiger partial charge in [-0.05, 0) is 43.6 Å². The molecule has 10 heteroatoms. The second-order valence-electron chi connectivity index (χ2n) is 8.75. The van der Waals surface area contributed by atoms with E-state index < -0.39 is 16.1 Å². The number of carbonyl (C=O) groups excluding carboxylic acids is 1. The van der Waals surface area contributed by atoms with Crippen LogP contribution in [-0.2, 0) is 24.9 Å². The van der Waals surface area contributed by atoms with Gasteiger partial charge in [-0.3, -0.25) is 0 Å². The molecule has 30 heavy (non-hydrogen) atoms. The van der Waals surface area contributed by atoms with Crippen LogP contribution < -0.4 is 4.72 Å². The number of fused-ring (bicyclic) bond motifs is 1. The summed E-state index contributed by atoms with van der Waals surface area (Å²) in [6.07, 6.45) is 7.70. The largest absolute Gasteiger partial charge is 0.453 e. The highest BCUT2D eigenvalue weighted by molar-refractivity contribution is 7.88. The topological polar surface area (TPSA) is 111 Å². The third kappa shape index (κ3) is 3.92. The number of ether oxygens (including phenoxy) is 2. The van der Waals surface area contributed by atoms with Gasteiger partial charge >= 0.3 is 6.09 Å². The lowest BCUT2D eigenvalue weighted by molar-refractivity contribution is -0.00715. The van der Waals surface area contributed by atoms with E-state index in [0.717, 1.165) is 31.3 Å². The van der Waals surface area contributed by atoms with Gasteiger partial charge in [0, 0.05) is 30.4 Å². The van der Waals surface area contributed by atoms with Crippen molar-refractivity contribution in [3.8, 4) is 0 Å². The van der Waals surface area contributed by atoms with E-state index in [1.165, 1.54) is 7.11 Å². The summed E-state index contributed by atoms with van der Waals surface area (Å²) in [6, 6.07) is 1.08. The van der Waals surface area contributed by atoms with Crippen LogP contribution in [0.15, 0.2) is 18.5 Å². The highest BCUT2D eigenvalue weighted by Crippen LogP contribution is 2.66. The summed E-state index contributed by atoms with van der Waals surface area (Å²) in [5.74, 6) is 1.95. The first-order valence-corrected chi connectivity index (χ1v) is 12.4. The number of nitrogens with one attached hydrogen (secondary N) is 1. The van der Waals surface area contributed by atoms with Crippen molar-refractivity contribution >= 4 is 16.1 Å². The molecule has 1 aromatic heterocycles. The molecular formula is C20H30N4O5S. The number of hydrogen-bond acceptors (Lipinski definition) is 7. The first kappa shape index (κ1) is 21.5. The molecule has 1 N–H and O–H groups in total. The van der Waals surface area contributed by atoms with E-state index >= 15 is 0 Å². The van der Waals surface area contributed by atoms with Crippen molar-refractivity contribution in [2.75, 3.05) is 26.5 Å². The molecule has 6 atom stereocenters. The van der Waals surface area contributed by atoms with Gasteiger partial charge in [0.15, 0.2) is 0 Å². The first-order chi connectivity index (χ1) is 14.3. The number of amides is 1. The Morgan fingerprint density at radius 3 is 2.70 bits per heavy atom. The Balaban J connectivity index is 1.39. The molecule has 0 bridgehead atoms. The summed E-state index contributed by atoms with van der Waals surface area (Å²) in [5, 5.41) is 0. The Morgan fingerprint density at radius 2 is 2.07 bits per heavy atom. The molecule has 3 aliphatic rings.